The Morgan fingerprint density at radius 3 is 1.04 bits per heavy atom. The summed E-state index contributed by atoms with van der Waals surface area (Å²) < 4.78 is 6.69. The van der Waals surface area contributed by atoms with Crippen LogP contribution in [0.4, 0.5) is 0 Å². The molecule has 0 saturated heterocycles. The maximum atomic E-state index is 5.50. The molecule has 8 aromatic carbocycles. The Bertz CT molecular complexity index is 3590. The zero-order chi connectivity index (χ0) is 45.7. The molecule has 0 fully saturated rings. The molecule has 324 valence electrons. The van der Waals surface area contributed by atoms with Crippen molar-refractivity contribution in [1.29, 1.82) is 0 Å². The lowest BCUT2D eigenvalue weighted by atomic mass is 10.0. The number of benzene rings is 8. The highest BCUT2D eigenvalue weighted by molar-refractivity contribution is 5.92. The minimum Gasteiger partial charge on any atom is -0.292 e. The van der Waals surface area contributed by atoms with Crippen LogP contribution in [0.1, 0.15) is 0 Å². The first-order valence-electron chi connectivity index (χ1n) is 23.0. The highest BCUT2D eigenvalue weighted by Gasteiger charge is 2.25. The summed E-state index contributed by atoms with van der Waals surface area (Å²) in [7, 11) is 0. The zero-order valence-electron chi connectivity index (χ0n) is 37.2. The van der Waals surface area contributed by atoms with Crippen molar-refractivity contribution in [3.05, 3.63) is 243 Å². The number of imidazole rings is 3. The first-order valence-corrected chi connectivity index (χ1v) is 23.0. The van der Waals surface area contributed by atoms with Gasteiger partial charge in [0.05, 0.1) is 28.1 Å². The van der Waals surface area contributed by atoms with E-state index in [1.807, 2.05) is 54.9 Å². The van der Waals surface area contributed by atoms with Crippen molar-refractivity contribution in [3.63, 3.8) is 0 Å². The van der Waals surface area contributed by atoms with E-state index in [-0.39, 0.29) is 0 Å². The molecule has 0 saturated carbocycles. The molecular weight excluding hydrogens is 845 g/mol. The van der Waals surface area contributed by atoms with E-state index in [2.05, 4.69) is 202 Å². The molecule has 0 atom stereocenters. The summed E-state index contributed by atoms with van der Waals surface area (Å²) in [6, 6.07) is 80.0. The number of hydrogen-bond acceptors (Lipinski definition) is 5. The third kappa shape index (κ3) is 6.89. The molecule has 8 heteroatoms. The highest BCUT2D eigenvalue weighted by Crippen LogP contribution is 2.42. The summed E-state index contributed by atoms with van der Waals surface area (Å²) in [5.41, 5.74) is 17.0. The molecule has 0 radical (unpaired) electrons. The Kier molecular flexibility index (Phi) is 9.65. The van der Waals surface area contributed by atoms with E-state index in [0.717, 1.165) is 118 Å². The van der Waals surface area contributed by atoms with Gasteiger partial charge >= 0.3 is 0 Å². The van der Waals surface area contributed by atoms with Crippen LogP contribution in [0.5, 0.6) is 0 Å². The molecule has 0 aliphatic rings. The second-order valence-corrected chi connectivity index (χ2v) is 16.9. The van der Waals surface area contributed by atoms with Crippen molar-refractivity contribution in [1.82, 2.24) is 38.6 Å². The number of aromatic nitrogens is 8. The molecule has 0 aliphatic carbocycles. The van der Waals surface area contributed by atoms with Gasteiger partial charge in [-0.2, -0.15) is 0 Å². The average Bonchev–Trinajstić information content (AvgIpc) is 4.14. The van der Waals surface area contributed by atoms with Crippen molar-refractivity contribution in [2.24, 2.45) is 0 Å². The average molecular weight is 885 g/mol. The highest BCUT2D eigenvalue weighted by atomic mass is 15.2. The molecule has 13 rings (SSSR count). The molecule has 8 nitrogen and oxygen atoms in total. The Morgan fingerprint density at radius 1 is 0.261 bits per heavy atom. The Morgan fingerprint density at radius 2 is 0.594 bits per heavy atom. The van der Waals surface area contributed by atoms with Gasteiger partial charge in [-0.25, -0.2) is 24.9 Å². The van der Waals surface area contributed by atoms with Gasteiger partial charge in [0.15, 0.2) is 11.3 Å². The molecular formula is C61H40N8. The van der Waals surface area contributed by atoms with E-state index in [4.69, 9.17) is 24.9 Å². The van der Waals surface area contributed by atoms with Gasteiger partial charge in [-0.05, 0) is 89.5 Å². The van der Waals surface area contributed by atoms with E-state index < -0.39 is 0 Å². The van der Waals surface area contributed by atoms with E-state index in [0.29, 0.717) is 0 Å². The first kappa shape index (κ1) is 39.8. The fourth-order valence-electron chi connectivity index (χ4n) is 9.74. The molecule has 0 bridgehead atoms. The van der Waals surface area contributed by atoms with Crippen LogP contribution in [0.2, 0.25) is 0 Å². The lowest BCUT2D eigenvalue weighted by Crippen LogP contribution is -2.04. The molecule has 69 heavy (non-hydrogen) atoms. The minimum atomic E-state index is 0.730. The Labute approximate surface area is 397 Å². The largest absolute Gasteiger partial charge is 0.292 e. The van der Waals surface area contributed by atoms with Crippen LogP contribution in [0.15, 0.2) is 243 Å². The summed E-state index contributed by atoms with van der Waals surface area (Å²) in [4.78, 5) is 26.4. The predicted molar refractivity (Wildman–Crippen MR) is 279 cm³/mol. The normalized spacial score (nSPS) is 11.5. The summed E-state index contributed by atoms with van der Waals surface area (Å²) in [5, 5.41) is 0. The lowest BCUT2D eigenvalue weighted by Gasteiger charge is -2.18. The van der Waals surface area contributed by atoms with Crippen molar-refractivity contribution in [3.8, 4) is 84.6 Å². The fourth-order valence-corrected chi connectivity index (χ4v) is 9.74. The minimum absolute atomic E-state index is 0.730. The fraction of sp³-hybridized carbons (Fsp3) is 0. The number of pyridine rings is 2. The second kappa shape index (κ2) is 16.7. The van der Waals surface area contributed by atoms with Crippen molar-refractivity contribution in [2.45, 2.75) is 0 Å². The van der Waals surface area contributed by atoms with E-state index >= 15 is 0 Å². The molecule has 13 aromatic rings. The molecule has 0 N–H and O–H groups in total. The van der Waals surface area contributed by atoms with Gasteiger partial charge in [0, 0.05) is 45.8 Å². The van der Waals surface area contributed by atoms with Crippen LogP contribution in [-0.4, -0.2) is 38.6 Å². The summed E-state index contributed by atoms with van der Waals surface area (Å²) in [6.45, 7) is 0. The quantitative estimate of drug-likeness (QED) is 0.144. The second-order valence-electron chi connectivity index (χ2n) is 16.9. The third-order valence-corrected chi connectivity index (χ3v) is 12.8. The van der Waals surface area contributed by atoms with Gasteiger partial charge in [0.2, 0.25) is 0 Å². The standard InChI is InChI=1S/C61H40N8/c1-4-20-41(21-5-1)47-26-10-14-32-53(47)67-56-35-17-13-29-50(56)64-57(67)44-38-45(58-65-51-30-18-36-62-60(51)68(58)54-33-15-11-27-48(54)42-22-6-2-7-23-42)40-46(39-44)59-66-52-31-19-37-63-61(52)69(59)55-34-16-12-28-49(55)43-24-8-3-9-25-43/h1-40H. The van der Waals surface area contributed by atoms with Gasteiger partial charge in [-0.15, -0.1) is 0 Å². The van der Waals surface area contributed by atoms with Crippen molar-refractivity contribution in [2.75, 3.05) is 0 Å². The maximum Gasteiger partial charge on any atom is 0.164 e. The molecule has 5 aromatic heterocycles. The van der Waals surface area contributed by atoms with Crippen LogP contribution in [0.25, 0.3) is 118 Å². The Hall–Kier alpha value is -9.53. The van der Waals surface area contributed by atoms with Gasteiger partial charge in [-0.1, -0.05) is 158 Å². The molecule has 5 heterocycles. The molecule has 0 aliphatic heterocycles. The SMILES string of the molecule is c1ccc(-c2ccccc2-n2c(-c3cc(-c4nc5cccnc5n4-c4ccccc4-c4ccccc4)cc(-c4nc5cccnc5n4-c4ccccc4-c4ccccc4)c3)nc3ccccc32)cc1. The third-order valence-electron chi connectivity index (χ3n) is 12.8. The van der Waals surface area contributed by atoms with Crippen LogP contribution >= 0.6 is 0 Å². The summed E-state index contributed by atoms with van der Waals surface area (Å²) >= 11 is 0. The van der Waals surface area contributed by atoms with Crippen LogP contribution in [-0.2, 0) is 0 Å². The van der Waals surface area contributed by atoms with E-state index in [9.17, 15) is 0 Å². The topological polar surface area (TPSA) is 79.2 Å². The number of nitrogens with zero attached hydrogens (tertiary/aromatic N) is 8. The summed E-state index contributed by atoms with van der Waals surface area (Å²) in [6.07, 6.45) is 3.67. The summed E-state index contributed by atoms with van der Waals surface area (Å²) in [5.74, 6) is 2.24. The molecule has 0 spiro atoms. The smallest absolute Gasteiger partial charge is 0.164 e. The van der Waals surface area contributed by atoms with Gasteiger partial charge < -0.3 is 0 Å². The van der Waals surface area contributed by atoms with Crippen molar-refractivity contribution < 1.29 is 0 Å². The predicted octanol–water partition coefficient (Wildman–Crippen LogP) is 14.5. The lowest BCUT2D eigenvalue weighted by molar-refractivity contribution is 1.07. The number of hydrogen-bond donors (Lipinski definition) is 0. The van der Waals surface area contributed by atoms with Crippen LogP contribution in [0.3, 0.4) is 0 Å². The van der Waals surface area contributed by atoms with E-state index in [1.54, 1.807) is 0 Å². The number of fused-ring (bicyclic) bond motifs is 3. The van der Waals surface area contributed by atoms with Gasteiger partial charge in [0.1, 0.15) is 28.5 Å². The van der Waals surface area contributed by atoms with Gasteiger partial charge in [0.25, 0.3) is 0 Å². The van der Waals surface area contributed by atoms with Crippen molar-refractivity contribution >= 4 is 33.4 Å². The van der Waals surface area contributed by atoms with Gasteiger partial charge in [-0.3, -0.25) is 13.7 Å². The number of rotatable bonds is 9. The van der Waals surface area contributed by atoms with Crippen LogP contribution < -0.4 is 0 Å². The van der Waals surface area contributed by atoms with E-state index in [1.165, 1.54) is 0 Å². The number of para-hydroxylation sites is 5. The van der Waals surface area contributed by atoms with Crippen LogP contribution in [0, 0.1) is 0 Å². The monoisotopic (exact) mass is 884 g/mol. The molecule has 0 unspecified atom stereocenters. The first-order chi connectivity index (χ1) is 34.2. The maximum absolute atomic E-state index is 5.50. The molecule has 0 amide bonds. The zero-order valence-corrected chi connectivity index (χ0v) is 37.2. The Balaban J connectivity index is 1.14.